The monoisotopic (exact) mass is 182 g/mol. The molecular formula is C10H8F2O. The fourth-order valence-electron chi connectivity index (χ4n) is 0.918. The minimum absolute atomic E-state index is 0.306. The van der Waals surface area contributed by atoms with Crippen molar-refractivity contribution < 1.29 is 13.6 Å². The fraction of sp³-hybridized carbons (Fsp3) is 0.100. The molecule has 0 fully saturated rings. The average molecular weight is 182 g/mol. The minimum atomic E-state index is -3.46. The van der Waals surface area contributed by atoms with Crippen LogP contribution in [0.25, 0.3) is 0 Å². The first-order chi connectivity index (χ1) is 6.09. The molecule has 0 radical (unpaired) electrons. The van der Waals surface area contributed by atoms with Crippen LogP contribution in [0, 0.1) is 0 Å². The van der Waals surface area contributed by atoms with Gasteiger partial charge in [0.05, 0.1) is 0 Å². The first-order valence-electron chi connectivity index (χ1n) is 3.69. The Balaban J connectivity index is 3.07. The molecule has 0 saturated heterocycles. The molecule has 0 N–H and O–H groups in total. The van der Waals surface area contributed by atoms with E-state index in [9.17, 15) is 13.6 Å². The van der Waals surface area contributed by atoms with Crippen LogP contribution >= 0.6 is 0 Å². The van der Waals surface area contributed by atoms with Gasteiger partial charge >= 0.3 is 5.92 Å². The topological polar surface area (TPSA) is 17.1 Å². The van der Waals surface area contributed by atoms with Gasteiger partial charge in [0, 0.05) is 5.56 Å². The molecule has 68 valence electrons. The highest BCUT2D eigenvalue weighted by Crippen LogP contribution is 2.28. The number of hydrogen-bond acceptors (Lipinski definition) is 1. The van der Waals surface area contributed by atoms with Crippen LogP contribution in [0.2, 0.25) is 0 Å². The van der Waals surface area contributed by atoms with Crippen molar-refractivity contribution in [2.24, 2.45) is 0 Å². The number of benzene rings is 1. The molecule has 0 heterocycles. The molecule has 1 nitrogen and oxygen atoms in total. The zero-order chi connectivity index (χ0) is 9.90. The Kier molecular flexibility index (Phi) is 2.56. The molecule has 1 rings (SSSR count). The summed E-state index contributed by atoms with van der Waals surface area (Å²) in [5, 5.41) is 0. The van der Waals surface area contributed by atoms with Crippen LogP contribution < -0.4 is 0 Å². The number of rotatable bonds is 3. The van der Waals surface area contributed by atoms with Crippen molar-refractivity contribution in [2.75, 3.05) is 0 Å². The first kappa shape index (κ1) is 9.58. The molecule has 0 unspecified atom stereocenters. The lowest BCUT2D eigenvalue weighted by atomic mass is 10.1. The highest BCUT2D eigenvalue weighted by Gasteiger charge is 2.38. The summed E-state index contributed by atoms with van der Waals surface area (Å²) in [7, 11) is 0. The van der Waals surface area contributed by atoms with E-state index in [0.29, 0.717) is 6.08 Å². The highest BCUT2D eigenvalue weighted by atomic mass is 19.3. The van der Waals surface area contributed by atoms with Crippen LogP contribution in [0.5, 0.6) is 0 Å². The molecule has 0 atom stereocenters. The van der Waals surface area contributed by atoms with Crippen molar-refractivity contribution >= 4 is 5.78 Å². The Labute approximate surface area is 74.7 Å². The van der Waals surface area contributed by atoms with Crippen LogP contribution in [0.4, 0.5) is 8.78 Å². The van der Waals surface area contributed by atoms with Gasteiger partial charge in [0.15, 0.2) is 0 Å². The maximum absolute atomic E-state index is 13.1. The summed E-state index contributed by atoms with van der Waals surface area (Å²) in [5.74, 6) is -4.73. The van der Waals surface area contributed by atoms with Gasteiger partial charge < -0.3 is 0 Å². The highest BCUT2D eigenvalue weighted by molar-refractivity contribution is 5.95. The van der Waals surface area contributed by atoms with E-state index in [4.69, 9.17) is 0 Å². The predicted molar refractivity (Wildman–Crippen MR) is 45.5 cm³/mol. The molecule has 0 spiro atoms. The zero-order valence-electron chi connectivity index (χ0n) is 6.84. The summed E-state index contributed by atoms with van der Waals surface area (Å²) in [6.45, 7) is 3.02. The van der Waals surface area contributed by atoms with Crippen molar-refractivity contribution in [3.63, 3.8) is 0 Å². The van der Waals surface area contributed by atoms with Gasteiger partial charge in [0.25, 0.3) is 0 Å². The maximum Gasteiger partial charge on any atom is 0.334 e. The summed E-state index contributed by atoms with van der Waals surface area (Å²) in [5.41, 5.74) is -0.306. The van der Waals surface area contributed by atoms with E-state index < -0.39 is 11.7 Å². The van der Waals surface area contributed by atoms with Gasteiger partial charge in [0.2, 0.25) is 5.78 Å². The summed E-state index contributed by atoms with van der Waals surface area (Å²) >= 11 is 0. The van der Waals surface area contributed by atoms with E-state index in [2.05, 4.69) is 6.58 Å². The van der Waals surface area contributed by atoms with E-state index in [0.717, 1.165) is 0 Å². The van der Waals surface area contributed by atoms with Crippen molar-refractivity contribution in [1.29, 1.82) is 0 Å². The molecule has 13 heavy (non-hydrogen) atoms. The van der Waals surface area contributed by atoms with Crippen molar-refractivity contribution in [2.45, 2.75) is 5.92 Å². The second-order valence-corrected chi connectivity index (χ2v) is 2.51. The molecule has 0 aliphatic rings. The summed E-state index contributed by atoms with van der Waals surface area (Å²) in [4.78, 5) is 10.8. The van der Waals surface area contributed by atoms with Gasteiger partial charge in [-0.05, 0) is 6.08 Å². The largest absolute Gasteiger partial charge is 0.334 e. The Bertz CT molecular complexity index is 317. The van der Waals surface area contributed by atoms with Crippen molar-refractivity contribution in [3.8, 4) is 0 Å². The van der Waals surface area contributed by atoms with E-state index in [-0.39, 0.29) is 5.56 Å². The van der Waals surface area contributed by atoms with E-state index in [1.54, 1.807) is 6.07 Å². The Morgan fingerprint density at radius 3 is 2.31 bits per heavy atom. The normalized spacial score (nSPS) is 10.9. The minimum Gasteiger partial charge on any atom is -0.288 e. The fourth-order valence-corrected chi connectivity index (χ4v) is 0.918. The van der Waals surface area contributed by atoms with Crippen LogP contribution in [0.3, 0.4) is 0 Å². The third-order valence-corrected chi connectivity index (χ3v) is 1.63. The lowest BCUT2D eigenvalue weighted by Crippen LogP contribution is -2.23. The number of ketones is 1. The number of alkyl halides is 2. The number of halogens is 2. The molecule has 0 amide bonds. The quantitative estimate of drug-likeness (QED) is 0.656. The Morgan fingerprint density at radius 2 is 1.85 bits per heavy atom. The van der Waals surface area contributed by atoms with Crippen LogP contribution in [-0.2, 0) is 10.7 Å². The number of carbonyl (C=O) groups excluding carboxylic acids is 1. The lowest BCUT2D eigenvalue weighted by Gasteiger charge is -2.12. The maximum atomic E-state index is 13.1. The third-order valence-electron chi connectivity index (χ3n) is 1.63. The van der Waals surface area contributed by atoms with Gasteiger partial charge in [-0.15, -0.1) is 0 Å². The molecule has 0 bridgehead atoms. The molecule has 0 aliphatic carbocycles. The van der Waals surface area contributed by atoms with E-state index in [1.165, 1.54) is 24.3 Å². The summed E-state index contributed by atoms with van der Waals surface area (Å²) in [6, 6.07) is 6.94. The van der Waals surface area contributed by atoms with E-state index in [1.807, 2.05) is 0 Å². The Morgan fingerprint density at radius 1 is 1.31 bits per heavy atom. The standard InChI is InChI=1S/C10H8F2O/c1-2-9(13)10(11,12)8-6-4-3-5-7-8/h2-7H,1H2. The Hall–Kier alpha value is -1.51. The number of hydrogen-bond donors (Lipinski definition) is 0. The smallest absolute Gasteiger partial charge is 0.288 e. The second-order valence-electron chi connectivity index (χ2n) is 2.51. The zero-order valence-corrected chi connectivity index (χ0v) is 6.84. The molecule has 0 aromatic heterocycles. The summed E-state index contributed by atoms with van der Waals surface area (Å²) < 4.78 is 26.3. The first-order valence-corrected chi connectivity index (χ1v) is 3.69. The van der Waals surface area contributed by atoms with Gasteiger partial charge in [-0.2, -0.15) is 8.78 Å². The van der Waals surface area contributed by atoms with Gasteiger partial charge in [-0.1, -0.05) is 36.9 Å². The second kappa shape index (κ2) is 3.47. The van der Waals surface area contributed by atoms with E-state index >= 15 is 0 Å². The predicted octanol–water partition coefficient (Wildman–Crippen LogP) is 2.53. The van der Waals surface area contributed by atoms with Crippen molar-refractivity contribution in [3.05, 3.63) is 48.6 Å². The van der Waals surface area contributed by atoms with Gasteiger partial charge in [-0.25, -0.2) is 0 Å². The van der Waals surface area contributed by atoms with Crippen molar-refractivity contribution in [1.82, 2.24) is 0 Å². The lowest BCUT2D eigenvalue weighted by molar-refractivity contribution is -0.138. The molecule has 0 saturated carbocycles. The SMILES string of the molecule is C=CC(=O)C(F)(F)c1ccccc1. The number of allylic oxidation sites excluding steroid dienone is 1. The van der Waals surface area contributed by atoms with Crippen LogP contribution in [-0.4, -0.2) is 5.78 Å². The number of carbonyl (C=O) groups is 1. The molecule has 3 heteroatoms. The molecule has 0 aliphatic heterocycles. The van der Waals surface area contributed by atoms with Gasteiger partial charge in [-0.3, -0.25) is 4.79 Å². The van der Waals surface area contributed by atoms with Gasteiger partial charge in [0.1, 0.15) is 0 Å². The molecule has 1 aromatic rings. The average Bonchev–Trinajstić information content (AvgIpc) is 2.18. The van der Waals surface area contributed by atoms with Crippen LogP contribution in [0.1, 0.15) is 5.56 Å². The third kappa shape index (κ3) is 1.80. The molecule has 1 aromatic carbocycles. The summed E-state index contributed by atoms with van der Waals surface area (Å²) in [6.07, 6.45) is 0.632. The van der Waals surface area contributed by atoms with Crippen LogP contribution in [0.15, 0.2) is 43.0 Å². The molecular weight excluding hydrogens is 174 g/mol.